The maximum Gasteiger partial charge on any atom is 0.0991 e. The molecule has 0 spiro atoms. The molecule has 0 amide bonds. The van der Waals surface area contributed by atoms with Crippen molar-refractivity contribution in [1.82, 2.24) is 4.90 Å². The average Bonchev–Trinajstić information content (AvgIpc) is 3.33. The maximum absolute atomic E-state index is 8.95. The summed E-state index contributed by atoms with van der Waals surface area (Å²) >= 11 is 0. The lowest BCUT2D eigenvalue weighted by molar-refractivity contribution is 0.386. The van der Waals surface area contributed by atoms with Crippen LogP contribution in [-0.4, -0.2) is 37.6 Å². The van der Waals surface area contributed by atoms with Gasteiger partial charge in [0.1, 0.15) is 0 Å². The highest BCUT2D eigenvalue weighted by atomic mass is 15.3. The molecule has 0 saturated carbocycles. The number of nitrogens with zero attached hydrogens (tertiary/aromatic N) is 3. The molecule has 0 bridgehead atoms. The molecule has 0 unspecified atom stereocenters. The van der Waals surface area contributed by atoms with E-state index >= 15 is 0 Å². The monoisotopic (exact) mass is 379 g/mol. The highest BCUT2D eigenvalue weighted by Gasteiger charge is 2.39. The van der Waals surface area contributed by atoms with Crippen molar-refractivity contribution in [1.29, 1.82) is 5.26 Å². The summed E-state index contributed by atoms with van der Waals surface area (Å²) in [5.41, 5.74) is 6.83. The zero-order valence-corrected chi connectivity index (χ0v) is 16.8. The van der Waals surface area contributed by atoms with E-state index in [1.54, 1.807) is 0 Å². The Labute approximate surface area is 172 Å². The molecule has 2 heterocycles. The predicted molar refractivity (Wildman–Crippen MR) is 119 cm³/mol. The maximum atomic E-state index is 8.95. The summed E-state index contributed by atoms with van der Waals surface area (Å²) in [7, 11) is 2.24. The van der Waals surface area contributed by atoms with Gasteiger partial charge < -0.3 is 9.80 Å². The second kappa shape index (κ2) is 7.39. The molecule has 0 N–H and O–H groups in total. The number of likely N-dealkylation sites (tertiary alicyclic amines) is 1. The number of hydrogen-bond acceptors (Lipinski definition) is 3. The summed E-state index contributed by atoms with van der Waals surface area (Å²) in [6, 6.07) is 28.3. The van der Waals surface area contributed by atoms with Gasteiger partial charge in [-0.3, -0.25) is 0 Å². The zero-order chi connectivity index (χ0) is 19.8. The summed E-state index contributed by atoms with van der Waals surface area (Å²) in [5.74, 6) is 0.828. The smallest absolute Gasteiger partial charge is 0.0991 e. The normalized spacial score (nSPS) is 21.2. The van der Waals surface area contributed by atoms with Crippen LogP contribution in [0.2, 0.25) is 0 Å². The van der Waals surface area contributed by atoms with Gasteiger partial charge in [0.15, 0.2) is 0 Å². The lowest BCUT2D eigenvalue weighted by Gasteiger charge is -2.26. The number of likely N-dealkylation sites (N-methyl/N-ethyl adjacent to an activating group) is 1. The van der Waals surface area contributed by atoms with Gasteiger partial charge in [0.25, 0.3) is 0 Å². The summed E-state index contributed by atoms with van der Waals surface area (Å²) in [6.07, 6.45) is 1.31. The quantitative estimate of drug-likeness (QED) is 0.639. The fourth-order valence-corrected chi connectivity index (χ4v) is 4.93. The highest BCUT2D eigenvalue weighted by Crippen LogP contribution is 2.35. The van der Waals surface area contributed by atoms with Crippen LogP contribution in [0.5, 0.6) is 0 Å². The van der Waals surface area contributed by atoms with E-state index in [2.05, 4.69) is 71.4 Å². The lowest BCUT2D eigenvalue weighted by atomic mass is 9.99. The molecular formula is C26H25N3. The Morgan fingerprint density at radius 2 is 1.28 bits per heavy atom. The van der Waals surface area contributed by atoms with E-state index < -0.39 is 0 Å². The number of nitriles is 1. The van der Waals surface area contributed by atoms with Crippen LogP contribution in [0.4, 0.5) is 5.69 Å². The van der Waals surface area contributed by atoms with Crippen molar-refractivity contribution >= 4 is 5.69 Å². The molecule has 2 aliphatic rings. The standard InChI is InChI=1S/C26H25N3/c1-28-17-24-14-15-29(26(24)18-28)25-12-10-23(11-13-25)22-8-6-21(7-9-22)20-4-2-19(16-27)3-5-20/h2-13,24,26H,14-15,17-18H2,1H3/t24-,26+/m1/s1. The first-order valence-corrected chi connectivity index (χ1v) is 10.4. The topological polar surface area (TPSA) is 30.3 Å². The van der Waals surface area contributed by atoms with Crippen LogP contribution < -0.4 is 4.90 Å². The van der Waals surface area contributed by atoms with Gasteiger partial charge in [-0.2, -0.15) is 5.26 Å². The molecule has 3 heteroatoms. The minimum absolute atomic E-state index is 0.678. The Balaban J connectivity index is 1.33. The van der Waals surface area contributed by atoms with Crippen LogP contribution in [0.15, 0.2) is 72.8 Å². The summed E-state index contributed by atoms with van der Waals surface area (Å²) in [4.78, 5) is 5.07. The molecule has 2 fully saturated rings. The second-order valence-corrected chi connectivity index (χ2v) is 8.34. The molecular weight excluding hydrogens is 354 g/mol. The van der Waals surface area contributed by atoms with Crippen LogP contribution >= 0.6 is 0 Å². The molecule has 3 nitrogen and oxygen atoms in total. The Bertz CT molecular complexity index is 1030. The largest absolute Gasteiger partial charge is 0.367 e. The van der Waals surface area contributed by atoms with E-state index in [4.69, 9.17) is 5.26 Å². The van der Waals surface area contributed by atoms with Gasteiger partial charge in [-0.15, -0.1) is 0 Å². The number of anilines is 1. The molecule has 2 saturated heterocycles. The average molecular weight is 380 g/mol. The number of rotatable bonds is 3. The highest BCUT2D eigenvalue weighted by molar-refractivity contribution is 5.72. The third-order valence-electron chi connectivity index (χ3n) is 6.49. The van der Waals surface area contributed by atoms with Crippen LogP contribution in [0.25, 0.3) is 22.3 Å². The third kappa shape index (κ3) is 3.41. The molecule has 144 valence electrons. The third-order valence-corrected chi connectivity index (χ3v) is 6.49. The summed E-state index contributed by atoms with van der Waals surface area (Å²) in [6.45, 7) is 3.61. The SMILES string of the molecule is CN1C[C@H]2CCN(c3ccc(-c4ccc(-c5ccc(C#N)cc5)cc4)cc3)[C@H]2C1. The van der Waals surface area contributed by atoms with Crippen molar-refractivity contribution < 1.29 is 0 Å². The van der Waals surface area contributed by atoms with Gasteiger partial charge in [-0.25, -0.2) is 0 Å². The van der Waals surface area contributed by atoms with Gasteiger partial charge in [-0.05, 0) is 65.9 Å². The van der Waals surface area contributed by atoms with Crippen molar-refractivity contribution in [3.05, 3.63) is 78.4 Å². The van der Waals surface area contributed by atoms with Crippen LogP contribution in [-0.2, 0) is 0 Å². The van der Waals surface area contributed by atoms with E-state index in [-0.39, 0.29) is 0 Å². The van der Waals surface area contributed by atoms with Crippen molar-refractivity contribution in [2.24, 2.45) is 5.92 Å². The second-order valence-electron chi connectivity index (χ2n) is 8.34. The summed E-state index contributed by atoms with van der Waals surface area (Å²) < 4.78 is 0. The van der Waals surface area contributed by atoms with E-state index in [9.17, 15) is 0 Å². The van der Waals surface area contributed by atoms with Gasteiger partial charge in [0.05, 0.1) is 11.6 Å². The van der Waals surface area contributed by atoms with Crippen LogP contribution in [0, 0.1) is 17.2 Å². The molecule has 0 aromatic heterocycles. The fraction of sp³-hybridized carbons (Fsp3) is 0.269. The molecule has 0 aliphatic carbocycles. The zero-order valence-electron chi connectivity index (χ0n) is 16.8. The van der Waals surface area contributed by atoms with Gasteiger partial charge in [-0.1, -0.05) is 48.5 Å². The van der Waals surface area contributed by atoms with Gasteiger partial charge in [0, 0.05) is 31.4 Å². The first kappa shape index (κ1) is 18.0. The molecule has 3 aromatic rings. The van der Waals surface area contributed by atoms with Gasteiger partial charge >= 0.3 is 0 Å². The van der Waals surface area contributed by atoms with Crippen molar-refractivity contribution in [3.8, 4) is 28.3 Å². The Morgan fingerprint density at radius 3 is 1.83 bits per heavy atom. The van der Waals surface area contributed by atoms with E-state index in [1.807, 2.05) is 24.3 Å². The number of hydrogen-bond donors (Lipinski definition) is 0. The Kier molecular flexibility index (Phi) is 4.58. The molecule has 2 aliphatic heterocycles. The fourth-order valence-electron chi connectivity index (χ4n) is 4.93. The van der Waals surface area contributed by atoms with E-state index in [0.717, 1.165) is 11.5 Å². The predicted octanol–water partition coefficient (Wildman–Crippen LogP) is 5.03. The van der Waals surface area contributed by atoms with E-state index in [0.29, 0.717) is 11.6 Å². The van der Waals surface area contributed by atoms with Crippen molar-refractivity contribution in [2.45, 2.75) is 12.5 Å². The van der Waals surface area contributed by atoms with Crippen LogP contribution in [0.3, 0.4) is 0 Å². The van der Waals surface area contributed by atoms with Gasteiger partial charge in [0.2, 0.25) is 0 Å². The van der Waals surface area contributed by atoms with Crippen molar-refractivity contribution in [3.63, 3.8) is 0 Å². The Morgan fingerprint density at radius 1 is 0.759 bits per heavy atom. The molecule has 3 aromatic carbocycles. The molecule has 5 rings (SSSR count). The lowest BCUT2D eigenvalue weighted by Crippen LogP contribution is -2.34. The molecule has 0 radical (unpaired) electrons. The number of benzene rings is 3. The molecule has 2 atom stereocenters. The minimum Gasteiger partial charge on any atom is -0.367 e. The van der Waals surface area contributed by atoms with Crippen molar-refractivity contribution in [2.75, 3.05) is 31.6 Å². The first-order valence-electron chi connectivity index (χ1n) is 10.4. The minimum atomic E-state index is 0.678. The van der Waals surface area contributed by atoms with E-state index in [1.165, 1.54) is 48.4 Å². The van der Waals surface area contributed by atoms with Crippen LogP contribution in [0.1, 0.15) is 12.0 Å². The molecule has 29 heavy (non-hydrogen) atoms. The first-order chi connectivity index (χ1) is 14.2. The Hall–Kier alpha value is -3.09. The summed E-state index contributed by atoms with van der Waals surface area (Å²) in [5, 5.41) is 8.95. The number of fused-ring (bicyclic) bond motifs is 1.